The highest BCUT2D eigenvalue weighted by Gasteiger charge is 2.27. The molecule has 13 aromatic rings. The number of benzene rings is 10. The van der Waals surface area contributed by atoms with Crippen LogP contribution in [0.3, 0.4) is 0 Å². The van der Waals surface area contributed by atoms with E-state index in [-0.39, 0.29) is 0 Å². The summed E-state index contributed by atoms with van der Waals surface area (Å²) in [5.74, 6) is 0. The van der Waals surface area contributed by atoms with Crippen molar-refractivity contribution >= 4 is 65.4 Å². The van der Waals surface area contributed by atoms with Gasteiger partial charge in [-0.3, -0.25) is 0 Å². The lowest BCUT2D eigenvalue weighted by atomic mass is 9.80. The van der Waals surface area contributed by atoms with Crippen LogP contribution < -0.4 is 0 Å². The van der Waals surface area contributed by atoms with Crippen LogP contribution in [-0.2, 0) is 0 Å². The van der Waals surface area contributed by atoms with Gasteiger partial charge in [0.15, 0.2) is 0 Å². The molecule has 0 bridgehead atoms. The third-order valence-electron chi connectivity index (χ3n) is 13.6. The Bertz CT molecular complexity index is 3930. The van der Waals surface area contributed by atoms with Gasteiger partial charge in [-0.1, -0.05) is 158 Å². The fourth-order valence-corrected chi connectivity index (χ4v) is 11.0. The van der Waals surface area contributed by atoms with E-state index in [1.807, 2.05) is 0 Å². The molecule has 0 saturated carbocycles. The average Bonchev–Trinajstić information content (AvgIpc) is 3.99. The number of aromatic nitrogens is 3. The first-order valence-corrected chi connectivity index (χ1v) is 21.8. The van der Waals surface area contributed by atoms with E-state index >= 15 is 0 Å². The lowest BCUT2D eigenvalue weighted by Gasteiger charge is -2.26. The van der Waals surface area contributed by atoms with E-state index in [9.17, 15) is 0 Å². The van der Waals surface area contributed by atoms with Gasteiger partial charge in [-0.15, -0.1) is 0 Å². The first kappa shape index (κ1) is 34.3. The molecule has 0 unspecified atom stereocenters. The van der Waals surface area contributed by atoms with Crippen molar-refractivity contribution in [2.75, 3.05) is 0 Å². The summed E-state index contributed by atoms with van der Waals surface area (Å²) in [6, 6.07) is 83.0. The van der Waals surface area contributed by atoms with Gasteiger partial charge in [0.1, 0.15) is 0 Å². The van der Waals surface area contributed by atoms with E-state index in [2.05, 4.69) is 238 Å². The smallest absolute Gasteiger partial charge is 0.0547 e. The predicted molar refractivity (Wildman–Crippen MR) is 265 cm³/mol. The molecule has 3 heterocycles. The summed E-state index contributed by atoms with van der Waals surface area (Å²) in [6.07, 6.45) is 0. The van der Waals surface area contributed by atoms with Gasteiger partial charge in [-0.2, -0.15) is 0 Å². The molecule has 0 N–H and O–H groups in total. The molecule has 10 aromatic carbocycles. The third-order valence-corrected chi connectivity index (χ3v) is 13.6. The van der Waals surface area contributed by atoms with Crippen LogP contribution in [0.15, 0.2) is 224 Å². The summed E-state index contributed by atoms with van der Waals surface area (Å²) in [7, 11) is 0. The highest BCUT2D eigenvalue weighted by atomic mass is 15.0. The number of nitrogens with zero attached hydrogens (tertiary/aromatic N) is 3. The van der Waals surface area contributed by atoms with Crippen LogP contribution in [0.4, 0.5) is 0 Å². The van der Waals surface area contributed by atoms with Crippen LogP contribution in [0.5, 0.6) is 0 Å². The zero-order valence-electron chi connectivity index (χ0n) is 34.2. The van der Waals surface area contributed by atoms with Crippen LogP contribution in [0.2, 0.25) is 0 Å². The summed E-state index contributed by atoms with van der Waals surface area (Å²) >= 11 is 0. The van der Waals surface area contributed by atoms with E-state index in [4.69, 9.17) is 0 Å². The second kappa shape index (κ2) is 13.1. The standard InChI is InChI=1S/C60H37N3/c1-2-18-42-40(16-1)41-17-3-4-24-49(41)60-50(43-34-32-38(36-51(42)43)61-53-26-10-5-19-44(53)45-20-6-11-27-54(45)61)25-15-31-59(60)63-57-30-14-9-23-48(57)52-37-39(33-35-58(52)63)62-55-28-12-7-21-46(55)47-22-8-13-29-56(47)62/h1-37H. The van der Waals surface area contributed by atoms with Crippen LogP contribution in [-0.4, -0.2) is 13.7 Å². The monoisotopic (exact) mass is 799 g/mol. The normalized spacial score (nSPS) is 12.1. The van der Waals surface area contributed by atoms with Crippen LogP contribution in [0.1, 0.15) is 0 Å². The molecule has 0 amide bonds. The molecule has 3 nitrogen and oxygen atoms in total. The minimum absolute atomic E-state index is 1.15. The molecule has 0 radical (unpaired) electrons. The van der Waals surface area contributed by atoms with E-state index in [0.29, 0.717) is 0 Å². The molecule has 3 heteroatoms. The largest absolute Gasteiger partial charge is 0.309 e. The Morgan fingerprint density at radius 2 is 0.571 bits per heavy atom. The molecular formula is C60H37N3. The summed E-state index contributed by atoms with van der Waals surface area (Å²) in [5.41, 5.74) is 20.4. The van der Waals surface area contributed by atoms with Crippen LogP contribution >= 0.6 is 0 Å². The van der Waals surface area contributed by atoms with Crippen molar-refractivity contribution in [3.63, 3.8) is 0 Å². The van der Waals surface area contributed by atoms with Gasteiger partial charge in [0.05, 0.1) is 38.8 Å². The molecule has 1 aliphatic carbocycles. The van der Waals surface area contributed by atoms with Gasteiger partial charge < -0.3 is 13.7 Å². The fraction of sp³-hybridized carbons (Fsp3) is 0. The number of hydrogen-bond acceptors (Lipinski definition) is 0. The number of rotatable bonds is 3. The first-order chi connectivity index (χ1) is 31.3. The van der Waals surface area contributed by atoms with Crippen molar-refractivity contribution < 1.29 is 0 Å². The van der Waals surface area contributed by atoms with Crippen molar-refractivity contribution in [3.8, 4) is 61.6 Å². The van der Waals surface area contributed by atoms with Gasteiger partial charge in [-0.25, -0.2) is 0 Å². The number of para-hydroxylation sites is 5. The second-order valence-corrected chi connectivity index (χ2v) is 16.8. The van der Waals surface area contributed by atoms with Crippen molar-refractivity contribution in [1.29, 1.82) is 0 Å². The Morgan fingerprint density at radius 3 is 1.13 bits per heavy atom. The number of fused-ring (bicyclic) bond motifs is 17. The van der Waals surface area contributed by atoms with Crippen molar-refractivity contribution in [3.05, 3.63) is 224 Å². The highest BCUT2D eigenvalue weighted by Crippen LogP contribution is 2.51. The Morgan fingerprint density at radius 1 is 0.206 bits per heavy atom. The summed E-state index contributed by atoms with van der Waals surface area (Å²) in [5, 5.41) is 7.51. The Balaban J connectivity index is 1.05. The van der Waals surface area contributed by atoms with Crippen LogP contribution in [0.25, 0.3) is 127 Å². The lowest BCUT2D eigenvalue weighted by molar-refractivity contribution is 1.17. The molecule has 0 fully saturated rings. The molecule has 292 valence electrons. The maximum absolute atomic E-state index is 2.51. The maximum Gasteiger partial charge on any atom is 0.0547 e. The Kier molecular flexibility index (Phi) is 7.11. The molecule has 0 atom stereocenters. The number of hydrogen-bond donors (Lipinski definition) is 0. The first-order valence-electron chi connectivity index (χ1n) is 21.8. The average molecular weight is 800 g/mol. The molecule has 1 aliphatic rings. The SMILES string of the molecule is c1ccc2c(c1)-c1cc(-n3c4ccccc4c4ccccc43)ccc1-c1cccc(-n3c4ccccc4c4cc(-n5c6ccccc6c6ccccc65)ccc43)c1-c1ccccc1-2. The van der Waals surface area contributed by atoms with Crippen molar-refractivity contribution in [2.45, 2.75) is 0 Å². The van der Waals surface area contributed by atoms with Gasteiger partial charge >= 0.3 is 0 Å². The van der Waals surface area contributed by atoms with E-state index < -0.39 is 0 Å². The molecule has 3 aromatic heterocycles. The minimum atomic E-state index is 1.15. The Hall–Kier alpha value is -8.40. The second-order valence-electron chi connectivity index (χ2n) is 16.8. The summed E-state index contributed by atoms with van der Waals surface area (Å²) in [6.45, 7) is 0. The van der Waals surface area contributed by atoms with Crippen molar-refractivity contribution in [2.24, 2.45) is 0 Å². The molecular weight excluding hydrogens is 763 g/mol. The highest BCUT2D eigenvalue weighted by molar-refractivity contribution is 6.14. The van der Waals surface area contributed by atoms with Crippen LogP contribution in [0, 0.1) is 0 Å². The van der Waals surface area contributed by atoms with Gasteiger partial charge in [0.2, 0.25) is 0 Å². The van der Waals surface area contributed by atoms with E-state index in [1.165, 1.54) is 110 Å². The van der Waals surface area contributed by atoms with Gasteiger partial charge in [-0.05, 0) is 106 Å². The molecule has 0 aliphatic heterocycles. The fourth-order valence-electron chi connectivity index (χ4n) is 11.0. The lowest BCUT2D eigenvalue weighted by Crippen LogP contribution is -2.04. The summed E-state index contributed by atoms with van der Waals surface area (Å²) < 4.78 is 7.37. The molecule has 14 rings (SSSR count). The van der Waals surface area contributed by atoms with E-state index in [1.54, 1.807) is 0 Å². The maximum atomic E-state index is 2.51. The topological polar surface area (TPSA) is 14.8 Å². The van der Waals surface area contributed by atoms with E-state index in [0.717, 1.165) is 17.1 Å². The zero-order chi connectivity index (χ0) is 41.2. The quantitative estimate of drug-likeness (QED) is 0.169. The Labute approximate surface area is 363 Å². The molecule has 0 spiro atoms. The molecule has 63 heavy (non-hydrogen) atoms. The molecule has 0 saturated heterocycles. The minimum Gasteiger partial charge on any atom is -0.309 e. The van der Waals surface area contributed by atoms with Crippen molar-refractivity contribution in [1.82, 2.24) is 13.7 Å². The third kappa shape index (κ3) is 4.79. The zero-order valence-corrected chi connectivity index (χ0v) is 34.2. The summed E-state index contributed by atoms with van der Waals surface area (Å²) in [4.78, 5) is 0. The van der Waals surface area contributed by atoms with Gasteiger partial charge in [0.25, 0.3) is 0 Å². The predicted octanol–water partition coefficient (Wildman–Crippen LogP) is 16.0. The van der Waals surface area contributed by atoms with Gasteiger partial charge in [0, 0.05) is 49.3 Å².